The van der Waals surface area contributed by atoms with Gasteiger partial charge in [-0.25, -0.2) is 0 Å². The van der Waals surface area contributed by atoms with E-state index >= 15 is 0 Å². The second kappa shape index (κ2) is 4.18. The molecule has 0 aromatic heterocycles. The van der Waals surface area contributed by atoms with E-state index in [2.05, 4.69) is 0 Å². The van der Waals surface area contributed by atoms with E-state index in [0.717, 1.165) is 0 Å². The van der Waals surface area contributed by atoms with E-state index in [1.54, 1.807) is 0 Å². The van der Waals surface area contributed by atoms with Crippen LogP contribution in [0.1, 0.15) is 6.92 Å². The van der Waals surface area contributed by atoms with Gasteiger partial charge in [-0.3, -0.25) is 0 Å². The van der Waals surface area contributed by atoms with Crippen molar-refractivity contribution in [2.45, 2.75) is 31.3 Å². The van der Waals surface area contributed by atoms with Gasteiger partial charge in [0, 0.05) is 6.61 Å². The molecule has 0 aromatic rings. The van der Waals surface area contributed by atoms with Crippen molar-refractivity contribution in [3.63, 3.8) is 0 Å². The normalized spacial score (nSPS) is 42.0. The first-order valence-corrected chi connectivity index (χ1v) is 4.01. The second-order valence-electron chi connectivity index (χ2n) is 2.78. The van der Waals surface area contributed by atoms with Gasteiger partial charge >= 0.3 is 0 Å². The van der Waals surface area contributed by atoms with Crippen LogP contribution >= 0.6 is 0 Å². The minimum atomic E-state index is -1.00. The van der Waals surface area contributed by atoms with Gasteiger partial charge in [-0.2, -0.15) is 0 Å². The quantitative estimate of drug-likeness (QED) is 0.589. The molecule has 1 aliphatic heterocycles. The molecule has 70 valence electrons. The molecule has 2 radical (unpaired) electrons. The lowest BCUT2D eigenvalue weighted by Crippen LogP contribution is -2.33. The highest BCUT2D eigenvalue weighted by atomic mass is 16.6. The molecule has 0 saturated carbocycles. The summed E-state index contributed by atoms with van der Waals surface area (Å²) in [7, 11) is 0. The lowest BCUT2D eigenvalue weighted by molar-refractivity contribution is -0.0345. The minimum absolute atomic E-state index is 0.266. The van der Waals surface area contributed by atoms with Crippen molar-refractivity contribution < 1.29 is 19.7 Å². The van der Waals surface area contributed by atoms with Gasteiger partial charge in [0.05, 0.1) is 12.7 Å². The highest BCUT2D eigenvalue weighted by molar-refractivity contribution is 4.91. The summed E-state index contributed by atoms with van der Waals surface area (Å²) >= 11 is 0. The maximum absolute atomic E-state index is 9.32. The standard InChI is InChI=1S/C8H14O4/c1-3-11-4-6-8(10)7(9)5(2)12-6/h2,5-10H,3-4H2,1H3/t5-,6+,7?,8-/m0/s1. The van der Waals surface area contributed by atoms with Gasteiger partial charge in [0.1, 0.15) is 18.3 Å². The Morgan fingerprint density at radius 3 is 2.50 bits per heavy atom. The molecule has 4 heteroatoms. The Bertz CT molecular complexity index is 139. The average Bonchev–Trinajstić information content (AvgIpc) is 2.30. The van der Waals surface area contributed by atoms with Crippen LogP contribution in [-0.2, 0) is 9.47 Å². The van der Waals surface area contributed by atoms with E-state index in [4.69, 9.17) is 16.4 Å². The zero-order valence-corrected chi connectivity index (χ0v) is 7.01. The fraction of sp³-hybridized carbons (Fsp3) is 0.875. The lowest BCUT2D eigenvalue weighted by Gasteiger charge is -2.13. The van der Waals surface area contributed by atoms with Gasteiger partial charge < -0.3 is 19.7 Å². The fourth-order valence-corrected chi connectivity index (χ4v) is 1.15. The van der Waals surface area contributed by atoms with Crippen LogP contribution in [0.5, 0.6) is 0 Å². The van der Waals surface area contributed by atoms with Crippen LogP contribution in [-0.4, -0.2) is 47.8 Å². The number of aliphatic hydroxyl groups excluding tert-OH is 2. The predicted octanol–water partition coefficient (Wildman–Crippen LogP) is -0.777. The number of hydrogen-bond donors (Lipinski definition) is 2. The second-order valence-corrected chi connectivity index (χ2v) is 2.78. The Labute approximate surface area is 72.1 Å². The third-order valence-corrected chi connectivity index (χ3v) is 1.89. The van der Waals surface area contributed by atoms with Gasteiger partial charge in [-0.1, -0.05) is 0 Å². The highest BCUT2D eigenvalue weighted by Crippen LogP contribution is 2.20. The van der Waals surface area contributed by atoms with Gasteiger partial charge in [0.2, 0.25) is 0 Å². The van der Waals surface area contributed by atoms with Crippen molar-refractivity contribution in [2.24, 2.45) is 0 Å². The Morgan fingerprint density at radius 1 is 1.42 bits per heavy atom. The first-order chi connectivity index (χ1) is 5.66. The molecule has 1 heterocycles. The largest absolute Gasteiger partial charge is 0.388 e. The molecule has 0 spiro atoms. The highest BCUT2D eigenvalue weighted by Gasteiger charge is 2.40. The smallest absolute Gasteiger partial charge is 0.111 e. The molecule has 0 aromatic carbocycles. The summed E-state index contributed by atoms with van der Waals surface area (Å²) < 4.78 is 10.1. The molecular formula is C8H14O4. The molecule has 1 fully saturated rings. The van der Waals surface area contributed by atoms with E-state index in [1.165, 1.54) is 0 Å². The van der Waals surface area contributed by atoms with E-state index in [-0.39, 0.29) is 6.61 Å². The fourth-order valence-electron chi connectivity index (χ4n) is 1.15. The first kappa shape index (κ1) is 9.92. The predicted molar refractivity (Wildman–Crippen MR) is 41.5 cm³/mol. The van der Waals surface area contributed by atoms with Crippen LogP contribution in [0, 0.1) is 6.92 Å². The van der Waals surface area contributed by atoms with Crippen molar-refractivity contribution in [3.05, 3.63) is 6.92 Å². The Kier molecular flexibility index (Phi) is 3.46. The topological polar surface area (TPSA) is 58.9 Å². The van der Waals surface area contributed by atoms with Crippen LogP contribution in [0.15, 0.2) is 0 Å². The SMILES string of the molecule is [CH][C@@H]1O[C@H](COCC)[C@H](O)C1O. The minimum Gasteiger partial charge on any atom is -0.388 e. The zero-order chi connectivity index (χ0) is 9.14. The van der Waals surface area contributed by atoms with Crippen molar-refractivity contribution in [1.29, 1.82) is 0 Å². The molecule has 4 atom stereocenters. The van der Waals surface area contributed by atoms with Crippen molar-refractivity contribution in [1.82, 2.24) is 0 Å². The van der Waals surface area contributed by atoms with Crippen LogP contribution in [0.2, 0.25) is 0 Å². The van der Waals surface area contributed by atoms with E-state index < -0.39 is 24.4 Å². The summed E-state index contributed by atoms with van der Waals surface area (Å²) in [6.45, 7) is 8.01. The van der Waals surface area contributed by atoms with E-state index in [1.807, 2.05) is 6.92 Å². The van der Waals surface area contributed by atoms with Crippen LogP contribution in [0.25, 0.3) is 0 Å². The van der Waals surface area contributed by atoms with Gasteiger partial charge in [-0.15, -0.1) is 0 Å². The molecule has 2 N–H and O–H groups in total. The third kappa shape index (κ3) is 1.95. The molecule has 1 aliphatic rings. The van der Waals surface area contributed by atoms with Crippen molar-refractivity contribution >= 4 is 0 Å². The summed E-state index contributed by atoms with van der Waals surface area (Å²) in [4.78, 5) is 0. The Balaban J connectivity index is 2.36. The van der Waals surface area contributed by atoms with E-state index in [9.17, 15) is 10.2 Å². The van der Waals surface area contributed by atoms with Crippen LogP contribution in [0.3, 0.4) is 0 Å². The number of aliphatic hydroxyl groups is 2. The summed E-state index contributed by atoms with van der Waals surface area (Å²) in [5.41, 5.74) is 0. The van der Waals surface area contributed by atoms with Gasteiger partial charge in [0.25, 0.3) is 0 Å². The number of rotatable bonds is 3. The first-order valence-electron chi connectivity index (χ1n) is 4.01. The maximum Gasteiger partial charge on any atom is 0.111 e. The van der Waals surface area contributed by atoms with Crippen molar-refractivity contribution in [3.8, 4) is 0 Å². The molecule has 1 rings (SSSR count). The van der Waals surface area contributed by atoms with Crippen LogP contribution < -0.4 is 0 Å². The molecule has 4 nitrogen and oxygen atoms in total. The van der Waals surface area contributed by atoms with Crippen LogP contribution in [0.4, 0.5) is 0 Å². The van der Waals surface area contributed by atoms with E-state index in [0.29, 0.717) is 6.61 Å². The third-order valence-electron chi connectivity index (χ3n) is 1.89. The molecule has 12 heavy (non-hydrogen) atoms. The average molecular weight is 174 g/mol. The molecular weight excluding hydrogens is 160 g/mol. The van der Waals surface area contributed by atoms with Crippen molar-refractivity contribution in [2.75, 3.05) is 13.2 Å². The maximum atomic E-state index is 9.32. The zero-order valence-electron chi connectivity index (χ0n) is 7.01. The number of hydrogen-bond acceptors (Lipinski definition) is 4. The molecule has 1 unspecified atom stereocenters. The summed E-state index contributed by atoms with van der Waals surface area (Å²) in [6.07, 6.45) is -3.25. The Hall–Kier alpha value is -0.160. The summed E-state index contributed by atoms with van der Waals surface area (Å²) in [6, 6.07) is 0. The Morgan fingerprint density at radius 2 is 2.08 bits per heavy atom. The monoisotopic (exact) mass is 174 g/mol. The van der Waals surface area contributed by atoms with Gasteiger partial charge in [-0.05, 0) is 13.8 Å². The van der Waals surface area contributed by atoms with Gasteiger partial charge in [0.15, 0.2) is 0 Å². The molecule has 0 bridgehead atoms. The lowest BCUT2D eigenvalue weighted by atomic mass is 10.1. The number of ether oxygens (including phenoxy) is 2. The summed E-state index contributed by atoms with van der Waals surface area (Å²) in [5, 5.41) is 18.5. The molecule has 0 amide bonds. The summed E-state index contributed by atoms with van der Waals surface area (Å²) in [5.74, 6) is 0. The molecule has 0 aliphatic carbocycles. The molecule has 1 saturated heterocycles.